The molecule has 0 aromatic rings. The summed E-state index contributed by atoms with van der Waals surface area (Å²) in [6, 6.07) is 0. The molecule has 1 aliphatic rings. The summed E-state index contributed by atoms with van der Waals surface area (Å²) in [5.74, 6) is -0.391. The Balaban J connectivity index is 2.33. The van der Waals surface area contributed by atoms with Gasteiger partial charge in [0.1, 0.15) is 6.10 Å². The Morgan fingerprint density at radius 3 is 3.00 bits per heavy atom. The normalized spacial score (nSPS) is 22.8. The van der Waals surface area contributed by atoms with Crippen LogP contribution >= 0.6 is 0 Å². The molecule has 1 aliphatic heterocycles. The first-order valence-electron chi connectivity index (χ1n) is 4.38. The van der Waals surface area contributed by atoms with Crippen molar-refractivity contribution >= 4 is 13.0 Å². The maximum atomic E-state index is 10.8. The minimum absolute atomic E-state index is 0.0971. The van der Waals surface area contributed by atoms with Gasteiger partial charge in [-0.3, -0.25) is 0 Å². The van der Waals surface area contributed by atoms with Gasteiger partial charge in [0.15, 0.2) is 0 Å². The molecule has 4 nitrogen and oxygen atoms in total. The van der Waals surface area contributed by atoms with Crippen LogP contribution in [0.3, 0.4) is 0 Å². The van der Waals surface area contributed by atoms with E-state index in [0.29, 0.717) is 6.54 Å². The molecule has 0 aromatic carbocycles. The second-order valence-corrected chi connectivity index (χ2v) is 3.18. The van der Waals surface area contributed by atoms with Gasteiger partial charge in [-0.15, -0.1) is 0 Å². The van der Waals surface area contributed by atoms with Crippen LogP contribution in [0.25, 0.3) is 0 Å². The number of ether oxygens (including phenoxy) is 1. The van der Waals surface area contributed by atoms with Crippen LogP contribution in [-0.2, 0) is 9.53 Å². The molecule has 1 heterocycles. The predicted octanol–water partition coefficient (Wildman–Crippen LogP) is -0.0998. The summed E-state index contributed by atoms with van der Waals surface area (Å²) in [6.45, 7) is 6.40. The highest BCUT2D eigenvalue weighted by Gasteiger charge is 2.29. The third-order valence-corrected chi connectivity index (χ3v) is 2.15. The zero-order valence-electron chi connectivity index (χ0n) is 7.77. The van der Waals surface area contributed by atoms with E-state index in [2.05, 4.69) is 6.58 Å². The maximum absolute atomic E-state index is 10.8. The quantitative estimate of drug-likeness (QED) is 0.377. The van der Waals surface area contributed by atoms with Gasteiger partial charge < -0.3 is 14.6 Å². The van der Waals surface area contributed by atoms with E-state index in [4.69, 9.17) is 4.74 Å². The van der Waals surface area contributed by atoms with Gasteiger partial charge in [-0.25, -0.2) is 4.79 Å². The molecule has 72 valence electrons. The number of hydrogen-bond acceptors (Lipinski definition) is 4. The minimum Gasteiger partial charge on any atom is -0.458 e. The molecule has 0 aromatic heterocycles. The first-order chi connectivity index (χ1) is 6.13. The molecule has 0 bridgehead atoms. The number of rotatable bonds is 3. The number of carbonyl (C=O) groups excluding carboxylic acids is 1. The van der Waals surface area contributed by atoms with Crippen LogP contribution in [0.1, 0.15) is 6.42 Å². The molecule has 1 N–H and O–H groups in total. The Kier molecular flexibility index (Phi) is 3.51. The second-order valence-electron chi connectivity index (χ2n) is 3.18. The fraction of sp³-hybridized carbons (Fsp3) is 0.625. The molecule has 1 rings (SSSR count). The molecule has 0 aliphatic carbocycles. The number of hydrogen-bond donors (Lipinski definition) is 1. The SMILES string of the molecule is C=CC(=O)O[C@@H]1CCN(B(C)O)C1. The first-order valence-corrected chi connectivity index (χ1v) is 4.38. The molecule has 0 spiro atoms. The standard InChI is InChI=1S/C8H14BNO3/c1-3-8(11)13-7-4-5-10(6-7)9(2)12/h3,7,12H,1,4-6H2,2H3/t7-/m1/s1. The summed E-state index contributed by atoms with van der Waals surface area (Å²) in [5.41, 5.74) is 0. The van der Waals surface area contributed by atoms with Gasteiger partial charge in [0.05, 0.1) is 0 Å². The van der Waals surface area contributed by atoms with Gasteiger partial charge in [0.2, 0.25) is 0 Å². The largest absolute Gasteiger partial charge is 0.458 e. The van der Waals surface area contributed by atoms with Crippen molar-refractivity contribution in [2.75, 3.05) is 13.1 Å². The lowest BCUT2D eigenvalue weighted by atomic mass is 9.86. The number of carbonyl (C=O) groups is 1. The predicted molar refractivity (Wildman–Crippen MR) is 50.1 cm³/mol. The Morgan fingerprint density at radius 2 is 2.54 bits per heavy atom. The van der Waals surface area contributed by atoms with Crippen molar-refractivity contribution in [1.82, 2.24) is 4.81 Å². The first kappa shape index (κ1) is 10.3. The molecule has 5 heteroatoms. The third-order valence-electron chi connectivity index (χ3n) is 2.15. The number of esters is 1. The lowest BCUT2D eigenvalue weighted by molar-refractivity contribution is -0.142. The van der Waals surface area contributed by atoms with Crippen molar-refractivity contribution in [3.05, 3.63) is 12.7 Å². The van der Waals surface area contributed by atoms with Crippen LogP contribution in [0, 0.1) is 0 Å². The van der Waals surface area contributed by atoms with Gasteiger partial charge in [-0.1, -0.05) is 6.58 Å². The van der Waals surface area contributed by atoms with Crippen molar-refractivity contribution in [2.24, 2.45) is 0 Å². The molecule has 0 radical (unpaired) electrons. The number of nitrogens with zero attached hydrogens (tertiary/aromatic N) is 1. The monoisotopic (exact) mass is 183 g/mol. The van der Waals surface area contributed by atoms with Crippen LogP contribution in [0.4, 0.5) is 0 Å². The summed E-state index contributed by atoms with van der Waals surface area (Å²) < 4.78 is 5.03. The average molecular weight is 183 g/mol. The van der Waals surface area contributed by atoms with Gasteiger partial charge in [-0.05, 0) is 19.8 Å². The van der Waals surface area contributed by atoms with Gasteiger partial charge in [-0.2, -0.15) is 0 Å². The second kappa shape index (κ2) is 4.44. The van der Waals surface area contributed by atoms with E-state index in [1.54, 1.807) is 6.82 Å². The summed E-state index contributed by atoms with van der Waals surface area (Å²) in [7, 11) is -0.465. The third kappa shape index (κ3) is 2.86. The van der Waals surface area contributed by atoms with Crippen molar-refractivity contribution in [3.63, 3.8) is 0 Å². The minimum atomic E-state index is -0.465. The van der Waals surface area contributed by atoms with Crippen molar-refractivity contribution in [3.8, 4) is 0 Å². The molecule has 0 saturated carbocycles. The van der Waals surface area contributed by atoms with E-state index in [-0.39, 0.29) is 6.10 Å². The summed E-state index contributed by atoms with van der Waals surface area (Å²) >= 11 is 0. The van der Waals surface area contributed by atoms with E-state index < -0.39 is 13.0 Å². The smallest absolute Gasteiger partial charge is 0.376 e. The molecule has 0 amide bonds. The van der Waals surface area contributed by atoms with E-state index in [1.807, 2.05) is 4.81 Å². The van der Waals surface area contributed by atoms with E-state index in [0.717, 1.165) is 19.0 Å². The molecule has 0 unspecified atom stereocenters. The molecular weight excluding hydrogens is 169 g/mol. The molecular formula is C8H14BNO3. The Labute approximate surface area is 78.3 Å². The van der Waals surface area contributed by atoms with Crippen molar-refractivity contribution in [1.29, 1.82) is 0 Å². The van der Waals surface area contributed by atoms with Crippen molar-refractivity contribution in [2.45, 2.75) is 19.3 Å². The highest BCUT2D eigenvalue weighted by atomic mass is 16.5. The van der Waals surface area contributed by atoms with E-state index in [9.17, 15) is 9.82 Å². The summed E-state index contributed by atoms with van der Waals surface area (Å²) in [6.07, 6.45) is 1.84. The van der Waals surface area contributed by atoms with Crippen LogP contribution in [0.15, 0.2) is 12.7 Å². The fourth-order valence-electron chi connectivity index (χ4n) is 1.40. The molecule has 1 fully saturated rings. The fourth-order valence-corrected chi connectivity index (χ4v) is 1.40. The van der Waals surface area contributed by atoms with Crippen LogP contribution in [-0.4, -0.2) is 42.0 Å². The summed E-state index contributed by atoms with van der Waals surface area (Å²) in [4.78, 5) is 12.7. The van der Waals surface area contributed by atoms with Crippen LogP contribution in [0.5, 0.6) is 0 Å². The van der Waals surface area contributed by atoms with Gasteiger partial charge in [0, 0.05) is 12.6 Å². The van der Waals surface area contributed by atoms with Gasteiger partial charge in [0.25, 0.3) is 0 Å². The lowest BCUT2D eigenvalue weighted by Gasteiger charge is -2.15. The van der Waals surface area contributed by atoms with E-state index in [1.165, 1.54) is 0 Å². The molecule has 13 heavy (non-hydrogen) atoms. The highest BCUT2D eigenvalue weighted by Crippen LogP contribution is 2.13. The van der Waals surface area contributed by atoms with Crippen molar-refractivity contribution < 1.29 is 14.6 Å². The van der Waals surface area contributed by atoms with Crippen LogP contribution in [0.2, 0.25) is 6.82 Å². The van der Waals surface area contributed by atoms with Crippen LogP contribution < -0.4 is 0 Å². The average Bonchev–Trinajstić information content (AvgIpc) is 2.52. The molecule has 1 saturated heterocycles. The lowest BCUT2D eigenvalue weighted by Crippen LogP contribution is -2.36. The highest BCUT2D eigenvalue weighted by molar-refractivity contribution is 6.45. The summed E-state index contributed by atoms with van der Waals surface area (Å²) in [5, 5.41) is 9.23. The van der Waals surface area contributed by atoms with E-state index >= 15 is 0 Å². The van der Waals surface area contributed by atoms with Gasteiger partial charge >= 0.3 is 13.0 Å². The zero-order valence-corrected chi connectivity index (χ0v) is 7.77. The Hall–Kier alpha value is -0.805. The Bertz CT molecular complexity index is 208. The molecule has 1 atom stereocenters. The Morgan fingerprint density at radius 1 is 1.85 bits per heavy atom. The zero-order chi connectivity index (χ0) is 9.84. The topological polar surface area (TPSA) is 49.8 Å². The maximum Gasteiger partial charge on any atom is 0.376 e.